The summed E-state index contributed by atoms with van der Waals surface area (Å²) in [7, 11) is 0. The van der Waals surface area contributed by atoms with Gasteiger partial charge in [-0.1, -0.05) is 24.3 Å². The van der Waals surface area contributed by atoms with Crippen LogP contribution in [0.4, 0.5) is 5.69 Å². The highest BCUT2D eigenvalue weighted by molar-refractivity contribution is 7.13. The number of rotatable bonds is 4. The molecule has 0 radical (unpaired) electrons. The summed E-state index contributed by atoms with van der Waals surface area (Å²) >= 11 is 1.41. The average molecular weight is 315 g/mol. The van der Waals surface area contributed by atoms with Gasteiger partial charge in [0.25, 0.3) is 5.89 Å². The maximum Gasteiger partial charge on any atom is 0.438 e. The van der Waals surface area contributed by atoms with E-state index in [4.69, 9.17) is 4.42 Å². The Labute approximate surface area is 130 Å². The first-order valence-corrected chi connectivity index (χ1v) is 7.52. The number of benzene rings is 1. The molecule has 3 aromatic rings. The van der Waals surface area contributed by atoms with Crippen LogP contribution in [0.1, 0.15) is 13.0 Å². The van der Waals surface area contributed by atoms with Gasteiger partial charge in [0.2, 0.25) is 5.91 Å². The lowest BCUT2D eigenvalue weighted by atomic mass is 10.3. The summed E-state index contributed by atoms with van der Waals surface area (Å²) in [6.45, 7) is 1.60. The van der Waals surface area contributed by atoms with Gasteiger partial charge in [0, 0.05) is 5.69 Å². The number of aromatic nitrogens is 2. The molecule has 2 heterocycles. The fourth-order valence-corrected chi connectivity index (χ4v) is 2.56. The number of nitrogens with zero attached hydrogens (tertiary/aromatic N) is 2. The zero-order valence-electron chi connectivity index (χ0n) is 11.7. The van der Waals surface area contributed by atoms with Crippen molar-refractivity contribution in [1.29, 1.82) is 0 Å². The van der Waals surface area contributed by atoms with Gasteiger partial charge >= 0.3 is 5.76 Å². The van der Waals surface area contributed by atoms with Gasteiger partial charge in [-0.2, -0.15) is 4.68 Å². The number of anilines is 1. The van der Waals surface area contributed by atoms with Crippen molar-refractivity contribution in [3.8, 4) is 10.8 Å². The van der Waals surface area contributed by atoms with E-state index >= 15 is 0 Å². The molecule has 0 aliphatic heterocycles. The van der Waals surface area contributed by atoms with Gasteiger partial charge in [-0.3, -0.25) is 4.79 Å². The van der Waals surface area contributed by atoms with Crippen LogP contribution in [0, 0.1) is 0 Å². The van der Waals surface area contributed by atoms with Gasteiger partial charge in [-0.05, 0) is 30.5 Å². The number of para-hydroxylation sites is 1. The summed E-state index contributed by atoms with van der Waals surface area (Å²) in [6, 6.07) is 11.9. The number of carbonyl (C=O) groups excluding carboxylic acids is 1. The Bertz CT molecular complexity index is 821. The third-order valence-corrected chi connectivity index (χ3v) is 3.95. The molecule has 3 rings (SSSR count). The maximum atomic E-state index is 12.2. The standard InChI is InChI=1S/C15H13N3O3S/c1-10(13(19)16-11-6-3-2-4-7-11)18-15(20)21-14(17-18)12-8-5-9-22-12/h2-10H,1H3,(H,16,19)/t10-/m1/s1. The third kappa shape index (κ3) is 2.84. The number of thiophene rings is 1. The molecule has 0 bridgehead atoms. The molecule has 0 unspecified atom stereocenters. The molecule has 22 heavy (non-hydrogen) atoms. The minimum atomic E-state index is -0.773. The molecule has 6 nitrogen and oxygen atoms in total. The van der Waals surface area contributed by atoms with E-state index in [1.807, 2.05) is 29.6 Å². The quantitative estimate of drug-likeness (QED) is 0.803. The zero-order valence-corrected chi connectivity index (χ0v) is 12.5. The van der Waals surface area contributed by atoms with E-state index in [9.17, 15) is 9.59 Å². The van der Waals surface area contributed by atoms with E-state index in [1.165, 1.54) is 11.3 Å². The Kier molecular flexibility index (Phi) is 3.88. The van der Waals surface area contributed by atoms with Crippen LogP contribution in [-0.4, -0.2) is 15.7 Å². The summed E-state index contributed by atoms with van der Waals surface area (Å²) in [5.41, 5.74) is 0.661. The highest BCUT2D eigenvalue weighted by Crippen LogP contribution is 2.22. The normalized spacial score (nSPS) is 12.0. The van der Waals surface area contributed by atoms with Crippen molar-refractivity contribution in [2.24, 2.45) is 0 Å². The predicted octanol–water partition coefficient (Wildman–Crippen LogP) is 2.76. The van der Waals surface area contributed by atoms with Gasteiger partial charge < -0.3 is 9.73 Å². The molecule has 0 saturated carbocycles. The van der Waals surface area contributed by atoms with Crippen molar-refractivity contribution < 1.29 is 9.21 Å². The monoisotopic (exact) mass is 315 g/mol. The van der Waals surface area contributed by atoms with Crippen molar-refractivity contribution >= 4 is 22.9 Å². The van der Waals surface area contributed by atoms with Crippen LogP contribution in [0.5, 0.6) is 0 Å². The second kappa shape index (κ2) is 5.98. The molecule has 1 atom stereocenters. The summed E-state index contributed by atoms with van der Waals surface area (Å²) in [6.07, 6.45) is 0. The Morgan fingerprint density at radius 3 is 2.73 bits per heavy atom. The van der Waals surface area contributed by atoms with Gasteiger partial charge in [-0.25, -0.2) is 4.79 Å². The molecule has 0 fully saturated rings. The minimum Gasteiger partial charge on any atom is -0.387 e. The Hall–Kier alpha value is -2.67. The lowest BCUT2D eigenvalue weighted by Gasteiger charge is -2.10. The Balaban J connectivity index is 1.81. The van der Waals surface area contributed by atoms with E-state index in [0.29, 0.717) is 5.69 Å². The summed E-state index contributed by atoms with van der Waals surface area (Å²) in [5, 5.41) is 8.70. The molecule has 0 spiro atoms. The van der Waals surface area contributed by atoms with Gasteiger partial charge in [0.05, 0.1) is 4.88 Å². The number of hydrogen-bond acceptors (Lipinski definition) is 5. The lowest BCUT2D eigenvalue weighted by molar-refractivity contribution is -0.119. The van der Waals surface area contributed by atoms with Crippen molar-refractivity contribution in [2.75, 3.05) is 5.32 Å². The average Bonchev–Trinajstić information content (AvgIpc) is 3.16. The first-order chi connectivity index (χ1) is 10.6. The summed E-state index contributed by atoms with van der Waals surface area (Å²) in [5.74, 6) is -0.766. The summed E-state index contributed by atoms with van der Waals surface area (Å²) < 4.78 is 6.16. The molecule has 112 valence electrons. The smallest absolute Gasteiger partial charge is 0.387 e. The van der Waals surface area contributed by atoms with Crippen molar-refractivity contribution in [2.45, 2.75) is 13.0 Å². The maximum absolute atomic E-state index is 12.2. The molecule has 1 amide bonds. The molecular formula is C15H13N3O3S. The van der Waals surface area contributed by atoms with Gasteiger partial charge in [0.15, 0.2) is 0 Å². The Morgan fingerprint density at radius 1 is 1.27 bits per heavy atom. The Morgan fingerprint density at radius 2 is 2.05 bits per heavy atom. The fraction of sp³-hybridized carbons (Fsp3) is 0.133. The van der Waals surface area contributed by atoms with Gasteiger partial charge in [-0.15, -0.1) is 16.4 Å². The number of nitrogens with one attached hydrogen (secondary N) is 1. The van der Waals surface area contributed by atoms with Crippen LogP contribution < -0.4 is 11.1 Å². The topological polar surface area (TPSA) is 77.1 Å². The van der Waals surface area contributed by atoms with Crippen LogP contribution in [0.3, 0.4) is 0 Å². The van der Waals surface area contributed by atoms with Crippen LogP contribution in [0.2, 0.25) is 0 Å². The van der Waals surface area contributed by atoms with E-state index in [0.717, 1.165) is 9.56 Å². The predicted molar refractivity (Wildman–Crippen MR) is 83.9 cm³/mol. The first-order valence-electron chi connectivity index (χ1n) is 6.64. The minimum absolute atomic E-state index is 0.222. The molecule has 0 aliphatic rings. The molecular weight excluding hydrogens is 302 g/mol. The van der Waals surface area contributed by atoms with E-state index in [2.05, 4.69) is 10.4 Å². The number of carbonyl (C=O) groups is 1. The van der Waals surface area contributed by atoms with Crippen LogP contribution in [0.15, 0.2) is 57.1 Å². The highest BCUT2D eigenvalue weighted by atomic mass is 32.1. The molecule has 1 N–H and O–H groups in total. The fourth-order valence-electron chi connectivity index (χ4n) is 1.91. The van der Waals surface area contributed by atoms with Crippen molar-refractivity contribution in [1.82, 2.24) is 9.78 Å². The van der Waals surface area contributed by atoms with E-state index in [1.54, 1.807) is 25.1 Å². The zero-order chi connectivity index (χ0) is 15.5. The summed E-state index contributed by atoms with van der Waals surface area (Å²) in [4.78, 5) is 24.8. The second-order valence-corrected chi connectivity index (χ2v) is 5.57. The van der Waals surface area contributed by atoms with E-state index < -0.39 is 11.8 Å². The van der Waals surface area contributed by atoms with E-state index in [-0.39, 0.29) is 11.8 Å². The molecule has 7 heteroatoms. The van der Waals surface area contributed by atoms with Gasteiger partial charge in [0.1, 0.15) is 6.04 Å². The van der Waals surface area contributed by atoms with Crippen molar-refractivity contribution in [3.05, 3.63) is 58.4 Å². The molecule has 1 aromatic carbocycles. The van der Waals surface area contributed by atoms with Crippen LogP contribution in [-0.2, 0) is 4.79 Å². The van der Waals surface area contributed by atoms with Crippen LogP contribution >= 0.6 is 11.3 Å². The molecule has 0 aliphatic carbocycles. The number of hydrogen-bond donors (Lipinski definition) is 1. The largest absolute Gasteiger partial charge is 0.438 e. The first kappa shape index (κ1) is 14.3. The molecule has 0 saturated heterocycles. The molecule has 2 aromatic heterocycles. The van der Waals surface area contributed by atoms with Crippen molar-refractivity contribution in [3.63, 3.8) is 0 Å². The lowest BCUT2D eigenvalue weighted by Crippen LogP contribution is -2.30. The van der Waals surface area contributed by atoms with Crippen LogP contribution in [0.25, 0.3) is 10.8 Å². The number of amides is 1. The second-order valence-electron chi connectivity index (χ2n) is 4.63. The third-order valence-electron chi connectivity index (χ3n) is 3.09. The SMILES string of the molecule is C[C@H](C(=O)Nc1ccccc1)n1nc(-c2cccs2)oc1=O. The highest BCUT2D eigenvalue weighted by Gasteiger charge is 2.21.